The van der Waals surface area contributed by atoms with Crippen LogP contribution in [0, 0.1) is 13.8 Å². The Morgan fingerprint density at radius 3 is 2.34 bits per heavy atom. The average Bonchev–Trinajstić information content (AvgIpc) is 2.77. The number of nitrogens with one attached hydrogen (secondary N) is 1. The first-order valence-corrected chi connectivity index (χ1v) is 11.5. The maximum atomic E-state index is 13.2. The van der Waals surface area contributed by atoms with E-state index in [2.05, 4.69) is 5.32 Å². The third-order valence-corrected chi connectivity index (χ3v) is 7.04. The predicted molar refractivity (Wildman–Crippen MR) is 125 cm³/mol. The number of rotatable bonds is 5. The Hall–Kier alpha value is -3.71. The van der Waals surface area contributed by atoms with Crippen molar-refractivity contribution >= 4 is 32.3 Å². The molecule has 0 unspecified atom stereocenters. The molecular weight excluding hydrogens is 424 g/mol. The minimum atomic E-state index is -4.06. The smallest absolute Gasteiger partial charge is 0.244 e. The topological polar surface area (TPSA) is 85.2 Å². The van der Waals surface area contributed by atoms with Gasteiger partial charge in [0.05, 0.1) is 10.4 Å². The van der Waals surface area contributed by atoms with Gasteiger partial charge in [-0.05, 0) is 49.7 Å². The highest BCUT2D eigenvalue weighted by atomic mass is 32.2. The molecule has 3 aromatic carbocycles. The molecular formula is C25H22N2O4S. The third kappa shape index (κ3) is 4.07. The van der Waals surface area contributed by atoms with E-state index in [4.69, 9.17) is 0 Å². The molecule has 32 heavy (non-hydrogen) atoms. The molecule has 4 aromatic rings. The van der Waals surface area contributed by atoms with Gasteiger partial charge in [0.15, 0.2) is 0 Å². The number of nitrogens with zero attached hydrogens (tertiary/aromatic N) is 1. The number of carbonyl (C=O) groups is 1. The minimum absolute atomic E-state index is 0.0278. The van der Waals surface area contributed by atoms with Crippen molar-refractivity contribution in [2.45, 2.75) is 30.2 Å². The molecule has 0 fully saturated rings. The Balaban J connectivity index is 1.84. The molecule has 1 N–H and O–H groups in total. The van der Waals surface area contributed by atoms with Gasteiger partial charge >= 0.3 is 0 Å². The summed E-state index contributed by atoms with van der Waals surface area (Å²) in [5.41, 5.74) is 2.32. The Labute approximate surface area is 186 Å². The zero-order valence-electron chi connectivity index (χ0n) is 17.7. The van der Waals surface area contributed by atoms with Crippen LogP contribution in [0.15, 0.2) is 93.6 Å². The van der Waals surface area contributed by atoms with Crippen molar-refractivity contribution < 1.29 is 13.2 Å². The number of aryl methyl sites for hydroxylation is 2. The van der Waals surface area contributed by atoms with Crippen LogP contribution in [-0.2, 0) is 21.2 Å². The summed E-state index contributed by atoms with van der Waals surface area (Å²) >= 11 is 0. The summed E-state index contributed by atoms with van der Waals surface area (Å²) in [7, 11) is -4.06. The quantitative estimate of drug-likeness (QED) is 0.500. The number of fused-ring (bicyclic) bond motifs is 1. The molecule has 1 amide bonds. The molecule has 0 aliphatic heterocycles. The zero-order valence-corrected chi connectivity index (χ0v) is 18.5. The number of para-hydroxylation sites is 1. The van der Waals surface area contributed by atoms with Gasteiger partial charge in [-0.1, -0.05) is 48.0 Å². The van der Waals surface area contributed by atoms with Gasteiger partial charge < -0.3 is 9.88 Å². The second-order valence-electron chi connectivity index (χ2n) is 7.65. The summed E-state index contributed by atoms with van der Waals surface area (Å²) in [6, 6.07) is 20.4. The van der Waals surface area contributed by atoms with Crippen LogP contribution in [0.5, 0.6) is 0 Å². The molecule has 162 valence electrons. The standard InChI is InChI=1S/C25H22N2O4S/c1-17-12-13-22-20(14-17)25(29)23(32(30,31)19-9-4-3-5-10-19)15-27(22)16-24(28)26-21-11-7-6-8-18(21)2/h3-15H,16H2,1-2H3,(H,26,28). The van der Waals surface area contributed by atoms with Gasteiger partial charge in [-0.15, -0.1) is 0 Å². The molecule has 6 nitrogen and oxygen atoms in total. The highest BCUT2D eigenvalue weighted by Crippen LogP contribution is 2.22. The van der Waals surface area contributed by atoms with Crippen LogP contribution in [0.4, 0.5) is 5.69 Å². The van der Waals surface area contributed by atoms with Crippen LogP contribution in [0.25, 0.3) is 10.9 Å². The molecule has 1 aromatic heterocycles. The molecule has 0 spiro atoms. The number of amides is 1. The van der Waals surface area contributed by atoms with E-state index < -0.39 is 15.3 Å². The lowest BCUT2D eigenvalue weighted by Crippen LogP contribution is -2.24. The molecule has 0 aliphatic rings. The van der Waals surface area contributed by atoms with Crippen LogP contribution >= 0.6 is 0 Å². The van der Waals surface area contributed by atoms with Crippen LogP contribution in [-0.4, -0.2) is 18.9 Å². The van der Waals surface area contributed by atoms with E-state index in [1.54, 1.807) is 36.4 Å². The second-order valence-corrected chi connectivity index (χ2v) is 9.57. The van der Waals surface area contributed by atoms with Gasteiger partial charge in [0.2, 0.25) is 21.2 Å². The first kappa shape index (κ1) is 21.5. The molecule has 0 saturated heterocycles. The van der Waals surface area contributed by atoms with Gasteiger partial charge in [0, 0.05) is 17.3 Å². The Kier molecular flexibility index (Phi) is 5.67. The highest BCUT2D eigenvalue weighted by Gasteiger charge is 2.24. The predicted octanol–water partition coefficient (Wildman–Crippen LogP) is 4.09. The number of hydrogen-bond acceptors (Lipinski definition) is 4. The Morgan fingerprint density at radius 2 is 1.62 bits per heavy atom. The van der Waals surface area contributed by atoms with Gasteiger partial charge in [0.1, 0.15) is 11.4 Å². The van der Waals surface area contributed by atoms with E-state index >= 15 is 0 Å². The maximum absolute atomic E-state index is 13.2. The number of hydrogen-bond donors (Lipinski definition) is 1. The zero-order chi connectivity index (χ0) is 22.9. The fourth-order valence-corrected chi connectivity index (χ4v) is 4.98. The summed E-state index contributed by atoms with van der Waals surface area (Å²) in [5.74, 6) is -0.326. The fourth-order valence-electron chi connectivity index (χ4n) is 3.59. The first-order valence-electron chi connectivity index (χ1n) is 10.1. The van der Waals surface area contributed by atoms with Crippen molar-refractivity contribution in [2.24, 2.45) is 0 Å². The van der Waals surface area contributed by atoms with Crippen molar-refractivity contribution in [3.05, 3.63) is 100 Å². The van der Waals surface area contributed by atoms with Gasteiger partial charge in [0.25, 0.3) is 0 Å². The lowest BCUT2D eigenvalue weighted by Gasteiger charge is -2.15. The van der Waals surface area contributed by atoms with E-state index in [9.17, 15) is 18.0 Å². The summed E-state index contributed by atoms with van der Waals surface area (Å²) in [4.78, 5) is 25.7. The summed E-state index contributed by atoms with van der Waals surface area (Å²) in [5, 5.41) is 3.11. The lowest BCUT2D eigenvalue weighted by atomic mass is 10.1. The number of aromatic nitrogens is 1. The number of sulfone groups is 1. The van der Waals surface area contributed by atoms with E-state index in [0.29, 0.717) is 11.2 Å². The number of pyridine rings is 1. The molecule has 1 heterocycles. The lowest BCUT2D eigenvalue weighted by molar-refractivity contribution is -0.116. The average molecular weight is 447 g/mol. The Morgan fingerprint density at radius 1 is 0.938 bits per heavy atom. The van der Waals surface area contributed by atoms with Gasteiger partial charge in [-0.2, -0.15) is 0 Å². The van der Waals surface area contributed by atoms with Crippen molar-refractivity contribution in [1.29, 1.82) is 0 Å². The monoisotopic (exact) mass is 446 g/mol. The Bertz CT molecular complexity index is 1490. The highest BCUT2D eigenvalue weighted by molar-refractivity contribution is 7.91. The molecule has 4 rings (SSSR count). The number of benzene rings is 3. The van der Waals surface area contributed by atoms with Crippen LogP contribution < -0.4 is 10.7 Å². The molecule has 0 saturated carbocycles. The fraction of sp³-hybridized carbons (Fsp3) is 0.120. The summed E-state index contributed by atoms with van der Waals surface area (Å²) < 4.78 is 28.0. The molecule has 0 radical (unpaired) electrons. The van der Waals surface area contributed by atoms with Crippen molar-refractivity contribution in [2.75, 3.05) is 5.32 Å². The van der Waals surface area contributed by atoms with Gasteiger partial charge in [-0.25, -0.2) is 8.42 Å². The van der Waals surface area contributed by atoms with Crippen molar-refractivity contribution in [3.63, 3.8) is 0 Å². The van der Waals surface area contributed by atoms with Crippen LogP contribution in [0.1, 0.15) is 11.1 Å². The molecule has 0 atom stereocenters. The summed E-state index contributed by atoms with van der Waals surface area (Å²) in [6.45, 7) is 3.57. The van der Waals surface area contributed by atoms with Gasteiger partial charge in [-0.3, -0.25) is 9.59 Å². The first-order chi connectivity index (χ1) is 15.3. The van der Waals surface area contributed by atoms with Crippen molar-refractivity contribution in [1.82, 2.24) is 4.57 Å². The van der Waals surface area contributed by atoms with Crippen LogP contribution in [0.3, 0.4) is 0 Å². The number of carbonyl (C=O) groups excluding carboxylic acids is 1. The third-order valence-electron chi connectivity index (χ3n) is 5.28. The largest absolute Gasteiger partial charge is 0.336 e. The maximum Gasteiger partial charge on any atom is 0.244 e. The molecule has 0 bridgehead atoms. The van der Waals surface area contributed by atoms with E-state index in [0.717, 1.165) is 11.1 Å². The summed E-state index contributed by atoms with van der Waals surface area (Å²) in [6.07, 6.45) is 1.26. The second kappa shape index (κ2) is 8.43. The molecule has 0 aliphatic carbocycles. The molecule has 7 heteroatoms. The van der Waals surface area contributed by atoms with Crippen molar-refractivity contribution in [3.8, 4) is 0 Å². The van der Waals surface area contributed by atoms with E-state index in [1.807, 2.05) is 38.1 Å². The van der Waals surface area contributed by atoms with Crippen LogP contribution in [0.2, 0.25) is 0 Å². The van der Waals surface area contributed by atoms with E-state index in [1.165, 1.54) is 22.9 Å². The van der Waals surface area contributed by atoms with E-state index in [-0.39, 0.29) is 27.6 Å². The normalized spacial score (nSPS) is 11.4. The number of anilines is 1. The minimum Gasteiger partial charge on any atom is -0.336 e. The SMILES string of the molecule is Cc1ccc2c(c1)c(=O)c(S(=O)(=O)c1ccccc1)cn2CC(=O)Nc1ccccc1C.